The van der Waals surface area contributed by atoms with Gasteiger partial charge in [-0.05, 0) is 83.7 Å². The summed E-state index contributed by atoms with van der Waals surface area (Å²) in [6.07, 6.45) is 0. The third kappa shape index (κ3) is 2.18. The number of primary amides is 1. The van der Waals surface area contributed by atoms with Crippen molar-refractivity contribution >= 4 is 75.2 Å². The Labute approximate surface area is 140 Å². The van der Waals surface area contributed by atoms with Crippen molar-refractivity contribution in [3.8, 4) is 0 Å². The number of halogens is 3. The first-order chi connectivity index (χ1) is 9.49. The summed E-state index contributed by atoms with van der Waals surface area (Å²) in [4.78, 5) is 11.6. The minimum Gasteiger partial charge on any atom is -0.366 e. The lowest BCUT2D eigenvalue weighted by Crippen LogP contribution is -2.11. The summed E-state index contributed by atoms with van der Waals surface area (Å²) in [5.41, 5.74) is 5.99. The molecule has 0 aliphatic rings. The number of benzene rings is 3. The maximum Gasteiger partial charge on any atom is 0.249 e. The van der Waals surface area contributed by atoms with Gasteiger partial charge in [0.2, 0.25) is 5.91 Å². The lowest BCUT2D eigenvalue weighted by molar-refractivity contribution is 0.100. The lowest BCUT2D eigenvalue weighted by Gasteiger charge is -2.10. The molecule has 0 aliphatic carbocycles. The number of hydrogen-bond donors (Lipinski definition) is 1. The second-order valence-electron chi connectivity index (χ2n) is 4.44. The van der Waals surface area contributed by atoms with E-state index in [0.717, 1.165) is 35.0 Å². The van der Waals surface area contributed by atoms with E-state index in [4.69, 9.17) is 5.73 Å². The molecule has 5 heteroatoms. The normalized spacial score (nSPS) is 11.2. The number of nitrogens with two attached hydrogens (primary N) is 1. The fraction of sp³-hybridized carbons (Fsp3) is 0. The topological polar surface area (TPSA) is 43.1 Å². The van der Waals surface area contributed by atoms with Crippen LogP contribution in [-0.2, 0) is 0 Å². The summed E-state index contributed by atoms with van der Waals surface area (Å²) in [7, 11) is 0. The molecule has 3 rings (SSSR count). The zero-order valence-corrected chi connectivity index (χ0v) is 14.8. The van der Waals surface area contributed by atoms with Gasteiger partial charge in [0.1, 0.15) is 0 Å². The van der Waals surface area contributed by atoms with Crippen molar-refractivity contribution in [2.75, 3.05) is 0 Å². The number of carbonyl (C=O) groups excluding carboxylic acids is 1. The van der Waals surface area contributed by atoms with Crippen LogP contribution in [0.1, 0.15) is 10.4 Å². The Balaban J connectivity index is 2.53. The molecule has 2 N–H and O–H groups in total. The van der Waals surface area contributed by atoms with Crippen molar-refractivity contribution in [3.63, 3.8) is 0 Å². The van der Waals surface area contributed by atoms with Crippen LogP contribution in [0.3, 0.4) is 0 Å². The highest BCUT2D eigenvalue weighted by molar-refractivity contribution is 9.13. The van der Waals surface area contributed by atoms with Crippen LogP contribution < -0.4 is 5.73 Å². The van der Waals surface area contributed by atoms with E-state index in [0.29, 0.717) is 5.56 Å². The Morgan fingerprint density at radius 2 is 1.55 bits per heavy atom. The molecule has 100 valence electrons. The highest BCUT2D eigenvalue weighted by atomic mass is 79.9. The van der Waals surface area contributed by atoms with Crippen LogP contribution in [0.5, 0.6) is 0 Å². The van der Waals surface area contributed by atoms with E-state index in [1.54, 1.807) is 6.07 Å². The van der Waals surface area contributed by atoms with E-state index < -0.39 is 5.91 Å². The van der Waals surface area contributed by atoms with Crippen molar-refractivity contribution in [1.29, 1.82) is 0 Å². The summed E-state index contributed by atoms with van der Waals surface area (Å²) in [6, 6.07) is 11.6. The van der Waals surface area contributed by atoms with E-state index in [2.05, 4.69) is 53.9 Å². The quantitative estimate of drug-likeness (QED) is 0.490. The Hall–Kier alpha value is -0.910. The van der Waals surface area contributed by atoms with Gasteiger partial charge in [0.05, 0.1) is 0 Å². The Morgan fingerprint density at radius 3 is 2.25 bits per heavy atom. The van der Waals surface area contributed by atoms with Crippen LogP contribution in [0, 0.1) is 0 Å². The maximum atomic E-state index is 11.6. The highest BCUT2D eigenvalue weighted by Gasteiger charge is 2.12. The van der Waals surface area contributed by atoms with Crippen LogP contribution in [0.15, 0.2) is 49.8 Å². The second-order valence-corrected chi connectivity index (χ2v) is 6.94. The van der Waals surface area contributed by atoms with E-state index in [9.17, 15) is 4.79 Å². The van der Waals surface area contributed by atoms with Crippen LogP contribution in [0.25, 0.3) is 21.5 Å². The molecule has 3 aromatic rings. The van der Waals surface area contributed by atoms with E-state index in [1.807, 2.05) is 24.3 Å². The minimum absolute atomic E-state index is 0.418. The average molecular weight is 458 g/mol. The van der Waals surface area contributed by atoms with Gasteiger partial charge in [-0.15, -0.1) is 0 Å². The molecule has 0 spiro atoms. The zero-order chi connectivity index (χ0) is 14.4. The van der Waals surface area contributed by atoms with Gasteiger partial charge in [0.25, 0.3) is 0 Å². The van der Waals surface area contributed by atoms with Crippen molar-refractivity contribution in [3.05, 3.63) is 55.4 Å². The van der Waals surface area contributed by atoms with Gasteiger partial charge in [0, 0.05) is 19.0 Å². The number of hydrogen-bond acceptors (Lipinski definition) is 1. The first kappa shape index (κ1) is 14.0. The molecule has 0 saturated heterocycles. The molecule has 1 amide bonds. The Kier molecular flexibility index (Phi) is 3.60. The van der Waals surface area contributed by atoms with Crippen LogP contribution in [0.2, 0.25) is 0 Å². The molecule has 0 saturated carbocycles. The predicted octanol–water partition coefficient (Wildman–Crippen LogP) is 5.38. The van der Waals surface area contributed by atoms with E-state index in [-0.39, 0.29) is 0 Å². The van der Waals surface area contributed by atoms with Crippen molar-refractivity contribution < 1.29 is 4.79 Å². The largest absolute Gasteiger partial charge is 0.366 e. The molecule has 2 nitrogen and oxygen atoms in total. The number of amides is 1. The number of carbonyl (C=O) groups is 1. The molecular formula is C15H8Br3NO. The molecule has 3 aromatic carbocycles. The first-order valence-electron chi connectivity index (χ1n) is 5.79. The van der Waals surface area contributed by atoms with Gasteiger partial charge in [0.15, 0.2) is 0 Å². The van der Waals surface area contributed by atoms with Crippen molar-refractivity contribution in [1.82, 2.24) is 0 Å². The van der Waals surface area contributed by atoms with Gasteiger partial charge >= 0.3 is 0 Å². The SMILES string of the molecule is NC(=O)c1ccc(Br)c2cc3c(Br)c(Br)ccc3cc12. The molecule has 0 heterocycles. The van der Waals surface area contributed by atoms with Crippen molar-refractivity contribution in [2.24, 2.45) is 5.73 Å². The monoisotopic (exact) mass is 455 g/mol. The van der Waals surface area contributed by atoms with E-state index in [1.165, 1.54) is 0 Å². The lowest BCUT2D eigenvalue weighted by atomic mass is 9.99. The third-order valence-electron chi connectivity index (χ3n) is 3.25. The fourth-order valence-electron chi connectivity index (χ4n) is 2.28. The molecule has 0 aliphatic heterocycles. The zero-order valence-electron chi connectivity index (χ0n) is 10.1. The fourth-order valence-corrected chi connectivity index (χ4v) is 3.56. The van der Waals surface area contributed by atoms with E-state index >= 15 is 0 Å². The van der Waals surface area contributed by atoms with Crippen LogP contribution in [0.4, 0.5) is 0 Å². The molecule has 0 atom stereocenters. The summed E-state index contributed by atoms with van der Waals surface area (Å²) >= 11 is 10.6. The Bertz CT molecular complexity index is 874. The molecule has 0 aromatic heterocycles. The molecular weight excluding hydrogens is 450 g/mol. The van der Waals surface area contributed by atoms with Gasteiger partial charge < -0.3 is 5.73 Å². The standard InChI is InChI=1S/C15H8Br3NO/c16-12-4-2-8(15(19)20)10-5-7-1-3-13(17)14(18)9(7)6-11(10)12/h1-6H,(H2,19,20). The first-order valence-corrected chi connectivity index (χ1v) is 8.16. The molecule has 20 heavy (non-hydrogen) atoms. The Morgan fingerprint density at radius 1 is 0.850 bits per heavy atom. The number of rotatable bonds is 1. The second kappa shape index (κ2) is 5.13. The molecule has 0 unspecified atom stereocenters. The van der Waals surface area contributed by atoms with Crippen LogP contribution in [-0.4, -0.2) is 5.91 Å². The van der Waals surface area contributed by atoms with Gasteiger partial charge in [-0.3, -0.25) is 4.79 Å². The van der Waals surface area contributed by atoms with Gasteiger partial charge in [-0.2, -0.15) is 0 Å². The maximum absolute atomic E-state index is 11.6. The van der Waals surface area contributed by atoms with Gasteiger partial charge in [-0.1, -0.05) is 22.0 Å². The average Bonchev–Trinajstić information content (AvgIpc) is 2.42. The smallest absolute Gasteiger partial charge is 0.249 e. The predicted molar refractivity (Wildman–Crippen MR) is 93.1 cm³/mol. The third-order valence-corrected chi connectivity index (χ3v) is 5.99. The highest BCUT2D eigenvalue weighted by Crippen LogP contribution is 2.36. The molecule has 0 radical (unpaired) electrons. The number of fused-ring (bicyclic) bond motifs is 2. The molecule has 0 fully saturated rings. The molecule has 0 bridgehead atoms. The summed E-state index contributed by atoms with van der Waals surface area (Å²) in [5.74, 6) is -0.418. The summed E-state index contributed by atoms with van der Waals surface area (Å²) in [6.45, 7) is 0. The van der Waals surface area contributed by atoms with Gasteiger partial charge in [-0.25, -0.2) is 0 Å². The minimum atomic E-state index is -0.418. The summed E-state index contributed by atoms with van der Waals surface area (Å²) < 4.78 is 2.92. The van der Waals surface area contributed by atoms with Crippen LogP contribution >= 0.6 is 47.8 Å². The summed E-state index contributed by atoms with van der Waals surface area (Å²) in [5, 5.41) is 3.95. The van der Waals surface area contributed by atoms with Crippen molar-refractivity contribution in [2.45, 2.75) is 0 Å².